The molecule has 0 radical (unpaired) electrons. The summed E-state index contributed by atoms with van der Waals surface area (Å²) in [6.07, 6.45) is 1.72. The van der Waals surface area contributed by atoms with E-state index in [4.69, 9.17) is 11.6 Å². The number of hydrogen-bond acceptors (Lipinski definition) is 3. The number of nitrogens with one attached hydrogen (secondary N) is 1. The van der Waals surface area contributed by atoms with Crippen molar-refractivity contribution in [2.75, 3.05) is 6.54 Å². The Labute approximate surface area is 191 Å². The molecule has 0 aliphatic rings. The van der Waals surface area contributed by atoms with Crippen LogP contribution in [-0.2, 0) is 22.6 Å². The summed E-state index contributed by atoms with van der Waals surface area (Å²) in [5, 5.41) is 3.45. The Morgan fingerprint density at radius 3 is 2.50 bits per heavy atom. The summed E-state index contributed by atoms with van der Waals surface area (Å²) in [6, 6.07) is 11.7. The summed E-state index contributed by atoms with van der Waals surface area (Å²) in [5.41, 5.74) is 1.72. The highest BCUT2D eigenvalue weighted by atomic mass is 35.5. The van der Waals surface area contributed by atoms with Crippen LogP contribution in [0.25, 0.3) is 10.9 Å². The first-order valence-corrected chi connectivity index (χ1v) is 10.7. The van der Waals surface area contributed by atoms with Gasteiger partial charge in [0.25, 0.3) is 0 Å². The molecule has 6 nitrogen and oxygen atoms in total. The van der Waals surface area contributed by atoms with Crippen molar-refractivity contribution in [3.8, 4) is 0 Å². The van der Waals surface area contributed by atoms with Crippen molar-refractivity contribution in [2.45, 2.75) is 39.8 Å². The van der Waals surface area contributed by atoms with Crippen LogP contribution in [0.15, 0.2) is 48.7 Å². The average Bonchev–Trinajstić information content (AvgIpc) is 3.11. The maximum absolute atomic E-state index is 14.0. The van der Waals surface area contributed by atoms with Gasteiger partial charge in [-0.3, -0.25) is 19.0 Å². The molecule has 0 atom stereocenters. The number of para-hydroxylation sites is 1. The molecule has 1 heterocycles. The van der Waals surface area contributed by atoms with E-state index in [1.807, 2.05) is 38.1 Å². The molecule has 8 heteroatoms. The molecular weight excluding hydrogens is 433 g/mol. The Morgan fingerprint density at radius 1 is 1.09 bits per heavy atom. The van der Waals surface area contributed by atoms with Gasteiger partial charge in [0.2, 0.25) is 17.7 Å². The fraction of sp³-hybridized carbons (Fsp3) is 0.292. The third-order valence-electron chi connectivity index (χ3n) is 5.24. The van der Waals surface area contributed by atoms with Gasteiger partial charge < -0.3 is 10.2 Å². The number of aromatic nitrogens is 1. The van der Waals surface area contributed by atoms with Crippen LogP contribution in [0.4, 0.5) is 4.39 Å². The van der Waals surface area contributed by atoms with Gasteiger partial charge in [0.15, 0.2) is 0 Å². The minimum atomic E-state index is -0.576. The minimum Gasteiger partial charge on any atom is -0.350 e. The fourth-order valence-corrected chi connectivity index (χ4v) is 3.76. The highest BCUT2D eigenvalue weighted by molar-refractivity contribution is 6.30. The zero-order valence-corrected chi connectivity index (χ0v) is 18.9. The summed E-state index contributed by atoms with van der Waals surface area (Å²) >= 11 is 5.77. The third kappa shape index (κ3) is 5.16. The van der Waals surface area contributed by atoms with Gasteiger partial charge in [-0.05, 0) is 31.5 Å². The molecule has 0 aliphatic carbocycles. The number of amides is 2. The minimum absolute atomic E-state index is 0.0135. The van der Waals surface area contributed by atoms with E-state index in [-0.39, 0.29) is 48.0 Å². The van der Waals surface area contributed by atoms with E-state index < -0.39 is 11.7 Å². The number of halogens is 2. The van der Waals surface area contributed by atoms with Crippen molar-refractivity contribution in [3.05, 3.63) is 70.6 Å². The van der Waals surface area contributed by atoms with Crippen LogP contribution in [0.2, 0.25) is 5.02 Å². The lowest BCUT2D eigenvalue weighted by Crippen LogP contribution is -2.44. The Balaban J connectivity index is 1.71. The van der Waals surface area contributed by atoms with Gasteiger partial charge >= 0.3 is 0 Å². The first-order valence-electron chi connectivity index (χ1n) is 10.3. The highest BCUT2D eigenvalue weighted by Gasteiger charge is 2.22. The first kappa shape index (κ1) is 23.5. The molecular formula is C24H25ClFN3O3. The standard InChI is InChI=1S/C24H25ClFN3O3/c1-15(2)28(14-22(31)27-12-17-7-6-9-20(25)24(17)26)23(32)11-18-13-29(16(3)30)21-10-5-4-8-19(18)21/h4-10,13,15H,11-12,14H2,1-3H3,(H,27,31). The second-order valence-electron chi connectivity index (χ2n) is 7.84. The van der Waals surface area contributed by atoms with E-state index in [1.54, 1.807) is 12.3 Å². The van der Waals surface area contributed by atoms with E-state index in [0.29, 0.717) is 5.56 Å². The first-order chi connectivity index (χ1) is 15.2. The Bertz CT molecular complexity index is 1170. The van der Waals surface area contributed by atoms with Crippen LogP contribution in [0, 0.1) is 5.82 Å². The monoisotopic (exact) mass is 457 g/mol. The van der Waals surface area contributed by atoms with Crippen LogP contribution < -0.4 is 5.32 Å². The quantitative estimate of drug-likeness (QED) is 0.578. The zero-order chi connectivity index (χ0) is 23.4. The van der Waals surface area contributed by atoms with E-state index >= 15 is 0 Å². The predicted octanol–water partition coefficient (Wildman–Crippen LogP) is 4.19. The van der Waals surface area contributed by atoms with Gasteiger partial charge in [0.1, 0.15) is 5.82 Å². The summed E-state index contributed by atoms with van der Waals surface area (Å²) in [6.45, 7) is 4.91. The van der Waals surface area contributed by atoms with Gasteiger partial charge in [-0.2, -0.15) is 0 Å². The number of rotatable bonds is 7. The molecule has 0 spiro atoms. The molecule has 0 unspecified atom stereocenters. The van der Waals surface area contributed by atoms with Gasteiger partial charge in [0.05, 0.1) is 23.5 Å². The number of fused-ring (bicyclic) bond motifs is 1. The number of nitrogens with zero attached hydrogens (tertiary/aromatic N) is 2. The van der Waals surface area contributed by atoms with E-state index in [2.05, 4.69) is 5.32 Å². The molecule has 32 heavy (non-hydrogen) atoms. The van der Waals surface area contributed by atoms with Crippen molar-refractivity contribution in [2.24, 2.45) is 0 Å². The highest BCUT2D eigenvalue weighted by Crippen LogP contribution is 2.23. The topological polar surface area (TPSA) is 71.4 Å². The van der Waals surface area contributed by atoms with E-state index in [9.17, 15) is 18.8 Å². The predicted molar refractivity (Wildman–Crippen MR) is 122 cm³/mol. The lowest BCUT2D eigenvalue weighted by Gasteiger charge is -2.26. The number of carbonyl (C=O) groups is 3. The summed E-state index contributed by atoms with van der Waals surface area (Å²) < 4.78 is 15.5. The maximum Gasteiger partial charge on any atom is 0.239 e. The Kier molecular flexibility index (Phi) is 7.30. The van der Waals surface area contributed by atoms with Crippen LogP contribution in [0.3, 0.4) is 0 Å². The second-order valence-corrected chi connectivity index (χ2v) is 8.25. The van der Waals surface area contributed by atoms with Gasteiger partial charge in [0, 0.05) is 36.7 Å². The number of benzene rings is 2. The molecule has 1 aromatic heterocycles. The summed E-state index contributed by atoms with van der Waals surface area (Å²) in [7, 11) is 0. The van der Waals surface area contributed by atoms with Crippen molar-refractivity contribution < 1.29 is 18.8 Å². The Morgan fingerprint density at radius 2 is 1.81 bits per heavy atom. The van der Waals surface area contributed by atoms with Crippen molar-refractivity contribution >= 4 is 40.2 Å². The van der Waals surface area contributed by atoms with Crippen molar-refractivity contribution in [3.63, 3.8) is 0 Å². The molecule has 0 aliphatic heterocycles. The lowest BCUT2D eigenvalue weighted by atomic mass is 10.1. The third-order valence-corrected chi connectivity index (χ3v) is 5.53. The van der Waals surface area contributed by atoms with E-state index in [1.165, 1.54) is 28.5 Å². The lowest BCUT2D eigenvalue weighted by molar-refractivity contribution is -0.137. The molecule has 2 aromatic carbocycles. The molecule has 2 amide bonds. The second kappa shape index (κ2) is 9.96. The summed E-state index contributed by atoms with van der Waals surface area (Å²) in [4.78, 5) is 39.0. The smallest absolute Gasteiger partial charge is 0.239 e. The SMILES string of the molecule is CC(=O)n1cc(CC(=O)N(CC(=O)NCc2cccc(Cl)c2F)C(C)C)c2ccccc21. The van der Waals surface area contributed by atoms with Gasteiger partial charge in [-0.15, -0.1) is 0 Å². The number of hydrogen-bond donors (Lipinski definition) is 1. The fourth-order valence-electron chi connectivity index (χ4n) is 3.56. The van der Waals surface area contributed by atoms with Crippen LogP contribution in [-0.4, -0.2) is 39.8 Å². The Hall–Kier alpha value is -3.19. The van der Waals surface area contributed by atoms with E-state index in [0.717, 1.165) is 10.9 Å². The molecule has 0 saturated carbocycles. The normalized spacial score (nSPS) is 11.1. The largest absolute Gasteiger partial charge is 0.350 e. The summed E-state index contributed by atoms with van der Waals surface area (Å²) in [5.74, 6) is -1.37. The zero-order valence-electron chi connectivity index (χ0n) is 18.2. The van der Waals surface area contributed by atoms with Crippen molar-refractivity contribution in [1.82, 2.24) is 14.8 Å². The molecule has 1 N–H and O–H groups in total. The number of carbonyl (C=O) groups excluding carboxylic acids is 3. The molecule has 0 saturated heterocycles. The van der Waals surface area contributed by atoms with Crippen LogP contribution >= 0.6 is 11.6 Å². The molecule has 3 aromatic rings. The molecule has 0 bridgehead atoms. The maximum atomic E-state index is 14.0. The molecule has 3 rings (SSSR count). The van der Waals surface area contributed by atoms with Crippen LogP contribution in [0.1, 0.15) is 36.7 Å². The van der Waals surface area contributed by atoms with Crippen LogP contribution in [0.5, 0.6) is 0 Å². The van der Waals surface area contributed by atoms with Gasteiger partial charge in [-0.1, -0.05) is 41.9 Å². The molecule has 168 valence electrons. The van der Waals surface area contributed by atoms with Crippen molar-refractivity contribution in [1.29, 1.82) is 0 Å². The average molecular weight is 458 g/mol. The van der Waals surface area contributed by atoms with Gasteiger partial charge in [-0.25, -0.2) is 4.39 Å². The molecule has 0 fully saturated rings.